The summed E-state index contributed by atoms with van der Waals surface area (Å²) in [5, 5.41) is 19.3. The van der Waals surface area contributed by atoms with Gasteiger partial charge in [0, 0.05) is 10.8 Å². The first-order valence-corrected chi connectivity index (χ1v) is 5.97. The highest BCUT2D eigenvalue weighted by Gasteiger charge is 2.24. The molecule has 0 aliphatic heterocycles. The van der Waals surface area contributed by atoms with Crippen molar-refractivity contribution in [2.45, 2.75) is 4.90 Å². The third-order valence-electron chi connectivity index (χ3n) is 2.41. The van der Waals surface area contributed by atoms with Crippen LogP contribution in [0.3, 0.4) is 0 Å². The van der Waals surface area contributed by atoms with Gasteiger partial charge in [0.15, 0.2) is 11.5 Å². The molecule has 0 fully saturated rings. The number of benzene rings is 2. The van der Waals surface area contributed by atoms with Crippen LogP contribution in [0.1, 0.15) is 0 Å². The van der Waals surface area contributed by atoms with Crippen LogP contribution in [0.15, 0.2) is 29.2 Å². The zero-order chi connectivity index (χ0) is 12.8. The van der Waals surface area contributed by atoms with Crippen molar-refractivity contribution in [2.24, 2.45) is 0 Å². The van der Waals surface area contributed by atoms with Gasteiger partial charge in [0.25, 0.3) is 10.1 Å². The number of nitrogen functional groups attached to an aromatic ring is 1. The lowest BCUT2D eigenvalue weighted by Gasteiger charge is -2.11. The molecule has 0 amide bonds. The molecule has 0 saturated carbocycles. The van der Waals surface area contributed by atoms with E-state index < -0.39 is 26.5 Å². The molecular formula is C10H9NO5S. The van der Waals surface area contributed by atoms with E-state index in [0.29, 0.717) is 0 Å². The van der Waals surface area contributed by atoms with E-state index in [1.54, 1.807) is 6.07 Å². The molecule has 5 N–H and O–H groups in total. The van der Waals surface area contributed by atoms with Crippen molar-refractivity contribution < 1.29 is 23.2 Å². The topological polar surface area (TPSA) is 121 Å². The first-order valence-electron chi connectivity index (χ1n) is 4.53. The zero-order valence-corrected chi connectivity index (χ0v) is 9.27. The van der Waals surface area contributed by atoms with Crippen molar-refractivity contribution in [3.63, 3.8) is 0 Å². The van der Waals surface area contributed by atoms with E-state index in [0.717, 1.165) is 0 Å². The lowest BCUT2D eigenvalue weighted by Crippen LogP contribution is -2.02. The fraction of sp³-hybridized carbons (Fsp3) is 0. The van der Waals surface area contributed by atoms with Crippen LogP contribution in [-0.2, 0) is 10.1 Å². The Balaban J connectivity index is 3.12. The van der Waals surface area contributed by atoms with Gasteiger partial charge >= 0.3 is 0 Å². The van der Waals surface area contributed by atoms with Gasteiger partial charge in [-0.3, -0.25) is 4.55 Å². The van der Waals surface area contributed by atoms with Gasteiger partial charge in [-0.05, 0) is 0 Å². The van der Waals surface area contributed by atoms with E-state index in [9.17, 15) is 18.6 Å². The summed E-state index contributed by atoms with van der Waals surface area (Å²) >= 11 is 0. The van der Waals surface area contributed by atoms with Gasteiger partial charge in [0.1, 0.15) is 4.90 Å². The maximum absolute atomic E-state index is 11.2. The normalized spacial score (nSPS) is 11.8. The van der Waals surface area contributed by atoms with Crippen LogP contribution in [0.25, 0.3) is 10.8 Å². The van der Waals surface area contributed by atoms with Crippen LogP contribution in [-0.4, -0.2) is 23.2 Å². The fourth-order valence-corrected chi connectivity index (χ4v) is 2.46. The minimum absolute atomic E-state index is 0.0443. The van der Waals surface area contributed by atoms with Gasteiger partial charge in [-0.1, -0.05) is 24.3 Å². The van der Waals surface area contributed by atoms with Crippen LogP contribution < -0.4 is 5.73 Å². The molecule has 7 heteroatoms. The second kappa shape index (κ2) is 3.51. The van der Waals surface area contributed by atoms with E-state index in [4.69, 9.17) is 10.3 Å². The number of rotatable bonds is 1. The van der Waals surface area contributed by atoms with E-state index in [-0.39, 0.29) is 16.5 Å². The smallest absolute Gasteiger partial charge is 0.298 e. The molecule has 17 heavy (non-hydrogen) atoms. The summed E-state index contributed by atoms with van der Waals surface area (Å²) in [6.07, 6.45) is 0. The molecule has 0 heterocycles. The number of hydrogen-bond acceptors (Lipinski definition) is 5. The van der Waals surface area contributed by atoms with Gasteiger partial charge in [0.2, 0.25) is 0 Å². The van der Waals surface area contributed by atoms with Gasteiger partial charge in [-0.15, -0.1) is 0 Å². The number of fused-ring (bicyclic) bond motifs is 1. The summed E-state index contributed by atoms with van der Waals surface area (Å²) in [4.78, 5) is -0.750. The average molecular weight is 255 g/mol. The molecule has 0 aliphatic rings. The minimum Gasteiger partial charge on any atom is -0.503 e. The van der Waals surface area contributed by atoms with E-state index >= 15 is 0 Å². The Kier molecular flexibility index (Phi) is 2.37. The number of hydrogen-bond donors (Lipinski definition) is 4. The van der Waals surface area contributed by atoms with Crippen LogP contribution >= 0.6 is 0 Å². The Hall–Kier alpha value is -1.99. The number of phenols is 2. The van der Waals surface area contributed by atoms with Gasteiger partial charge < -0.3 is 15.9 Å². The highest BCUT2D eigenvalue weighted by Crippen LogP contribution is 2.43. The van der Waals surface area contributed by atoms with Crippen molar-refractivity contribution in [3.8, 4) is 11.5 Å². The van der Waals surface area contributed by atoms with E-state index in [1.165, 1.54) is 18.2 Å². The highest BCUT2D eigenvalue weighted by molar-refractivity contribution is 7.86. The Bertz CT molecular complexity index is 708. The third-order valence-corrected chi connectivity index (χ3v) is 3.34. The fourth-order valence-electron chi connectivity index (χ4n) is 1.67. The lowest BCUT2D eigenvalue weighted by molar-refractivity contribution is 0.392. The predicted octanol–water partition coefficient (Wildman–Crippen LogP) is 1.08. The lowest BCUT2D eigenvalue weighted by atomic mass is 10.1. The summed E-state index contributed by atoms with van der Waals surface area (Å²) in [6.45, 7) is 0. The van der Waals surface area contributed by atoms with Crippen LogP contribution in [0, 0.1) is 0 Å². The molecule has 0 spiro atoms. The zero-order valence-electron chi connectivity index (χ0n) is 8.45. The average Bonchev–Trinajstić information content (AvgIpc) is 2.24. The molecule has 0 atom stereocenters. The number of aromatic hydroxyl groups is 2. The molecular weight excluding hydrogens is 246 g/mol. The molecule has 2 aromatic rings. The first-order chi connectivity index (χ1) is 7.84. The number of nitrogens with two attached hydrogens (primary N) is 1. The van der Waals surface area contributed by atoms with Crippen LogP contribution in [0.4, 0.5) is 5.69 Å². The quantitative estimate of drug-likeness (QED) is 0.344. The second-order valence-electron chi connectivity index (χ2n) is 3.46. The Morgan fingerprint density at radius 1 is 1.00 bits per heavy atom. The summed E-state index contributed by atoms with van der Waals surface area (Å²) in [7, 11) is -4.66. The predicted molar refractivity (Wildman–Crippen MR) is 61.5 cm³/mol. The van der Waals surface area contributed by atoms with E-state index in [2.05, 4.69) is 0 Å². The van der Waals surface area contributed by atoms with Crippen molar-refractivity contribution in [1.29, 1.82) is 0 Å². The molecule has 90 valence electrons. The molecule has 2 rings (SSSR count). The standard InChI is InChI=1S/C10H9NO5S/c11-7-5-3-1-2-4-6(5)10(17(14,15)16)9(13)8(7)12/h1-4,12-13H,11H2,(H,14,15,16). The molecule has 0 unspecified atom stereocenters. The Morgan fingerprint density at radius 3 is 2.06 bits per heavy atom. The van der Waals surface area contributed by atoms with E-state index in [1.807, 2.05) is 0 Å². The molecule has 2 aromatic carbocycles. The monoisotopic (exact) mass is 255 g/mol. The summed E-state index contributed by atoms with van der Waals surface area (Å²) in [5.74, 6) is -1.72. The van der Waals surface area contributed by atoms with Crippen molar-refractivity contribution in [3.05, 3.63) is 24.3 Å². The van der Waals surface area contributed by atoms with Gasteiger partial charge in [-0.25, -0.2) is 0 Å². The van der Waals surface area contributed by atoms with Gasteiger partial charge in [0.05, 0.1) is 5.69 Å². The number of anilines is 1. The first kappa shape index (κ1) is 11.5. The molecule has 6 nitrogen and oxygen atoms in total. The van der Waals surface area contributed by atoms with Crippen LogP contribution in [0.2, 0.25) is 0 Å². The highest BCUT2D eigenvalue weighted by atomic mass is 32.2. The maximum atomic E-state index is 11.2. The SMILES string of the molecule is Nc1c(O)c(O)c(S(=O)(=O)O)c2ccccc12. The maximum Gasteiger partial charge on any atom is 0.298 e. The van der Waals surface area contributed by atoms with Crippen LogP contribution in [0.5, 0.6) is 11.5 Å². The Morgan fingerprint density at radius 2 is 1.53 bits per heavy atom. The van der Waals surface area contributed by atoms with Crippen molar-refractivity contribution >= 4 is 26.6 Å². The molecule has 0 aromatic heterocycles. The molecule has 0 aliphatic carbocycles. The minimum atomic E-state index is -4.66. The summed E-state index contributed by atoms with van der Waals surface area (Å²) in [6, 6.07) is 5.95. The third kappa shape index (κ3) is 1.65. The van der Waals surface area contributed by atoms with Gasteiger partial charge in [-0.2, -0.15) is 8.42 Å². The largest absolute Gasteiger partial charge is 0.503 e. The molecule has 0 saturated heterocycles. The Labute approximate surface area is 96.7 Å². The molecule has 0 radical (unpaired) electrons. The number of phenolic OH excluding ortho intramolecular Hbond substituents is 2. The summed E-state index contributed by atoms with van der Waals surface area (Å²) in [5.41, 5.74) is 5.40. The second-order valence-corrected chi connectivity index (χ2v) is 4.82. The van der Waals surface area contributed by atoms with Crippen molar-refractivity contribution in [2.75, 3.05) is 5.73 Å². The molecule has 0 bridgehead atoms. The van der Waals surface area contributed by atoms with Crippen molar-refractivity contribution in [1.82, 2.24) is 0 Å². The summed E-state index contributed by atoms with van der Waals surface area (Å²) < 4.78 is 31.4.